The zero-order valence-electron chi connectivity index (χ0n) is 11.4. The Bertz CT molecular complexity index is 453. The van der Waals surface area contributed by atoms with Crippen molar-refractivity contribution in [1.29, 1.82) is 0 Å². The van der Waals surface area contributed by atoms with Gasteiger partial charge < -0.3 is 10.2 Å². The zero-order chi connectivity index (χ0) is 13.3. The Morgan fingerprint density at radius 3 is 2.61 bits per heavy atom. The van der Waals surface area contributed by atoms with Gasteiger partial charge in [-0.15, -0.1) is 0 Å². The van der Waals surface area contributed by atoms with E-state index in [4.69, 9.17) is 0 Å². The largest absolute Gasteiger partial charge is 0.478 e. The summed E-state index contributed by atoms with van der Waals surface area (Å²) in [5, 5.41) is 19.9. The normalized spacial score (nSPS) is 50.6. The van der Waals surface area contributed by atoms with Crippen LogP contribution in [0.3, 0.4) is 0 Å². The van der Waals surface area contributed by atoms with Crippen molar-refractivity contribution >= 4 is 5.97 Å². The highest BCUT2D eigenvalue weighted by atomic mass is 16.4. The molecule has 0 aromatic heterocycles. The Labute approximate surface area is 108 Å². The van der Waals surface area contributed by atoms with E-state index in [-0.39, 0.29) is 16.4 Å². The van der Waals surface area contributed by atoms with Crippen LogP contribution in [0, 0.1) is 22.7 Å². The first-order valence-electron chi connectivity index (χ1n) is 6.99. The van der Waals surface area contributed by atoms with Crippen LogP contribution in [0.25, 0.3) is 0 Å². The monoisotopic (exact) mass is 250 g/mol. The Kier molecular flexibility index (Phi) is 2.30. The molecule has 2 saturated carbocycles. The fraction of sp³-hybridized carbons (Fsp3) is 0.800. The molecule has 0 aliphatic heterocycles. The Hall–Kier alpha value is -0.830. The van der Waals surface area contributed by atoms with Gasteiger partial charge in [-0.05, 0) is 44.4 Å². The maximum Gasteiger partial charge on any atom is 0.334 e. The highest BCUT2D eigenvalue weighted by Gasteiger charge is 2.69. The molecule has 0 bridgehead atoms. The van der Waals surface area contributed by atoms with Crippen molar-refractivity contribution in [2.75, 3.05) is 0 Å². The Morgan fingerprint density at radius 1 is 1.33 bits per heavy atom. The summed E-state index contributed by atoms with van der Waals surface area (Å²) < 4.78 is 0. The van der Waals surface area contributed by atoms with E-state index >= 15 is 0 Å². The lowest BCUT2D eigenvalue weighted by Gasteiger charge is -2.42. The molecule has 0 heterocycles. The van der Waals surface area contributed by atoms with Gasteiger partial charge in [-0.3, -0.25) is 0 Å². The van der Waals surface area contributed by atoms with E-state index in [0.717, 1.165) is 31.3 Å². The Morgan fingerprint density at radius 2 is 2.00 bits per heavy atom. The molecule has 100 valence electrons. The third kappa shape index (κ3) is 1.04. The summed E-state index contributed by atoms with van der Waals surface area (Å²) >= 11 is 0. The second kappa shape index (κ2) is 3.38. The average molecular weight is 250 g/mol. The number of carboxylic acids is 1. The molecule has 0 unspecified atom stereocenters. The predicted octanol–water partition coefficient (Wildman–Crippen LogP) is 2.59. The van der Waals surface area contributed by atoms with Gasteiger partial charge >= 0.3 is 5.97 Å². The topological polar surface area (TPSA) is 57.5 Å². The van der Waals surface area contributed by atoms with E-state index in [9.17, 15) is 15.0 Å². The molecule has 3 aliphatic rings. The SMILES string of the molecule is CC1=C(C(=O)O)[C@H](O)[C@]2(C)CC[C@H]3[C@H](C)CC[C@]132. The van der Waals surface area contributed by atoms with E-state index in [2.05, 4.69) is 13.8 Å². The lowest BCUT2D eigenvalue weighted by Crippen LogP contribution is -2.41. The minimum absolute atomic E-state index is 0.0421. The highest BCUT2D eigenvalue weighted by molar-refractivity contribution is 5.90. The van der Waals surface area contributed by atoms with Crippen LogP contribution in [-0.4, -0.2) is 22.3 Å². The van der Waals surface area contributed by atoms with Crippen molar-refractivity contribution in [2.24, 2.45) is 22.7 Å². The van der Waals surface area contributed by atoms with Gasteiger partial charge in [0.1, 0.15) is 0 Å². The molecule has 3 aliphatic carbocycles. The number of hydrogen-bond donors (Lipinski definition) is 2. The summed E-state index contributed by atoms with van der Waals surface area (Å²) in [5.41, 5.74) is 0.966. The summed E-state index contributed by atoms with van der Waals surface area (Å²) in [6, 6.07) is 0. The molecule has 0 radical (unpaired) electrons. The van der Waals surface area contributed by atoms with Crippen LogP contribution < -0.4 is 0 Å². The van der Waals surface area contributed by atoms with Gasteiger partial charge in [-0.1, -0.05) is 19.4 Å². The summed E-state index contributed by atoms with van der Waals surface area (Å²) in [4.78, 5) is 11.4. The Balaban J connectivity index is 2.20. The van der Waals surface area contributed by atoms with Crippen LogP contribution >= 0.6 is 0 Å². The van der Waals surface area contributed by atoms with Crippen LogP contribution in [0.15, 0.2) is 11.1 Å². The van der Waals surface area contributed by atoms with Crippen LogP contribution in [-0.2, 0) is 4.79 Å². The second-order valence-electron chi connectivity index (χ2n) is 6.80. The molecule has 0 aromatic rings. The summed E-state index contributed by atoms with van der Waals surface area (Å²) in [7, 11) is 0. The van der Waals surface area contributed by atoms with Gasteiger partial charge in [0.2, 0.25) is 0 Å². The van der Waals surface area contributed by atoms with Crippen LogP contribution in [0.4, 0.5) is 0 Å². The maximum atomic E-state index is 11.4. The van der Waals surface area contributed by atoms with Gasteiger partial charge in [-0.2, -0.15) is 0 Å². The molecule has 3 heteroatoms. The number of carbonyl (C=O) groups is 1. The first kappa shape index (κ1) is 12.2. The lowest BCUT2D eigenvalue weighted by atomic mass is 9.62. The third-order valence-corrected chi connectivity index (χ3v) is 6.49. The third-order valence-electron chi connectivity index (χ3n) is 6.49. The zero-order valence-corrected chi connectivity index (χ0v) is 11.4. The first-order valence-corrected chi connectivity index (χ1v) is 6.99. The van der Waals surface area contributed by atoms with Crippen molar-refractivity contribution in [3.05, 3.63) is 11.1 Å². The molecular formula is C15H22O3. The molecule has 0 saturated heterocycles. The quantitative estimate of drug-likeness (QED) is 0.752. The van der Waals surface area contributed by atoms with Gasteiger partial charge in [-0.25, -0.2) is 4.79 Å². The molecular weight excluding hydrogens is 228 g/mol. The molecule has 3 nitrogen and oxygen atoms in total. The van der Waals surface area contributed by atoms with Gasteiger partial charge in [0, 0.05) is 10.8 Å². The molecule has 18 heavy (non-hydrogen) atoms. The highest BCUT2D eigenvalue weighted by Crippen LogP contribution is 2.73. The van der Waals surface area contributed by atoms with E-state index in [0.29, 0.717) is 11.8 Å². The number of hydrogen-bond acceptors (Lipinski definition) is 2. The molecule has 2 N–H and O–H groups in total. The van der Waals surface area contributed by atoms with Gasteiger partial charge in [0.25, 0.3) is 0 Å². The molecule has 0 amide bonds. The minimum atomic E-state index is -0.927. The number of rotatable bonds is 1. The van der Waals surface area contributed by atoms with E-state index in [1.165, 1.54) is 0 Å². The van der Waals surface area contributed by atoms with Crippen molar-refractivity contribution in [3.8, 4) is 0 Å². The summed E-state index contributed by atoms with van der Waals surface area (Å²) in [6.45, 7) is 6.34. The van der Waals surface area contributed by atoms with E-state index in [1.807, 2.05) is 6.92 Å². The van der Waals surface area contributed by atoms with Crippen LogP contribution in [0.5, 0.6) is 0 Å². The van der Waals surface area contributed by atoms with E-state index in [1.54, 1.807) is 0 Å². The van der Waals surface area contributed by atoms with Crippen molar-refractivity contribution in [2.45, 2.75) is 52.6 Å². The maximum absolute atomic E-state index is 11.4. The minimum Gasteiger partial charge on any atom is -0.478 e. The van der Waals surface area contributed by atoms with Crippen molar-refractivity contribution in [1.82, 2.24) is 0 Å². The van der Waals surface area contributed by atoms with Crippen LogP contribution in [0.1, 0.15) is 46.5 Å². The predicted molar refractivity (Wildman–Crippen MR) is 68.0 cm³/mol. The van der Waals surface area contributed by atoms with E-state index < -0.39 is 12.1 Å². The first-order chi connectivity index (χ1) is 8.36. The molecule has 0 aromatic carbocycles. The smallest absolute Gasteiger partial charge is 0.334 e. The summed E-state index contributed by atoms with van der Waals surface area (Å²) in [5.74, 6) is 0.291. The number of aliphatic hydroxyl groups is 1. The molecule has 5 atom stereocenters. The number of carboxylic acid groups (broad SMARTS) is 1. The van der Waals surface area contributed by atoms with Gasteiger partial charge in [0.05, 0.1) is 11.7 Å². The fourth-order valence-corrected chi connectivity index (χ4v) is 5.56. The number of aliphatic carboxylic acids is 1. The van der Waals surface area contributed by atoms with Crippen molar-refractivity contribution < 1.29 is 15.0 Å². The second-order valence-corrected chi connectivity index (χ2v) is 6.80. The lowest BCUT2D eigenvalue weighted by molar-refractivity contribution is -0.134. The molecule has 3 rings (SSSR count). The fourth-order valence-electron chi connectivity index (χ4n) is 5.56. The van der Waals surface area contributed by atoms with Crippen molar-refractivity contribution in [3.63, 3.8) is 0 Å². The number of allylic oxidation sites excluding steroid dienone is 1. The van der Waals surface area contributed by atoms with Gasteiger partial charge in [0.15, 0.2) is 0 Å². The molecule has 1 spiro atoms. The number of aliphatic hydroxyl groups excluding tert-OH is 1. The standard InChI is InChI=1S/C15H22O3/c1-8-4-7-15-9(2)11(13(17)18)12(16)14(15,3)6-5-10(8)15/h8,10,12,16H,4-7H2,1-3H3,(H,17,18)/t8-,10+,12+,14+,15+/m1/s1. The average Bonchev–Trinajstić information content (AvgIpc) is 2.82. The van der Waals surface area contributed by atoms with Crippen LogP contribution in [0.2, 0.25) is 0 Å². The summed E-state index contributed by atoms with van der Waals surface area (Å²) in [6.07, 6.45) is 3.52. The molecule has 2 fully saturated rings.